The molecule has 3 N–H and O–H groups in total. The number of rotatable bonds is 5. The van der Waals surface area contributed by atoms with Gasteiger partial charge in [-0.05, 0) is 24.6 Å². The van der Waals surface area contributed by atoms with Gasteiger partial charge in [0, 0.05) is 20.9 Å². The second-order valence-corrected chi connectivity index (χ2v) is 7.98. The molecule has 0 spiro atoms. The van der Waals surface area contributed by atoms with E-state index in [2.05, 4.69) is 18.2 Å². The zero-order chi connectivity index (χ0) is 19.7. The van der Waals surface area contributed by atoms with Crippen molar-refractivity contribution in [3.05, 3.63) is 95.1 Å². The van der Waals surface area contributed by atoms with Crippen LogP contribution in [0.1, 0.15) is 22.3 Å². The van der Waals surface area contributed by atoms with Crippen LogP contribution in [0.3, 0.4) is 0 Å². The van der Waals surface area contributed by atoms with Crippen LogP contribution in [0.25, 0.3) is 0 Å². The van der Waals surface area contributed by atoms with Crippen LogP contribution >= 0.6 is 11.8 Å². The third-order valence-electron chi connectivity index (χ3n) is 4.97. The van der Waals surface area contributed by atoms with E-state index in [0.717, 1.165) is 32.0 Å². The molecule has 0 amide bonds. The predicted octanol–water partition coefficient (Wildman–Crippen LogP) is 4.18. The molecule has 1 heterocycles. The molecule has 3 aromatic rings. The number of ether oxygens (including phenoxy) is 1. The summed E-state index contributed by atoms with van der Waals surface area (Å²) in [6.07, 6.45) is 0. The van der Waals surface area contributed by atoms with Gasteiger partial charge in [-0.15, -0.1) is 0 Å². The molecule has 0 saturated heterocycles. The van der Waals surface area contributed by atoms with Crippen molar-refractivity contribution >= 4 is 17.7 Å². The fourth-order valence-corrected chi connectivity index (χ4v) is 4.83. The molecule has 5 heteroatoms. The highest BCUT2D eigenvalue weighted by atomic mass is 32.2. The highest BCUT2D eigenvalue weighted by Gasteiger charge is 2.44. The monoisotopic (exact) mass is 391 g/mol. The maximum atomic E-state index is 11.3. The summed E-state index contributed by atoms with van der Waals surface area (Å²) in [6, 6.07) is 23.3. The van der Waals surface area contributed by atoms with E-state index in [0.29, 0.717) is 0 Å². The second kappa shape index (κ2) is 7.43. The Morgan fingerprint density at radius 2 is 1.64 bits per heavy atom. The van der Waals surface area contributed by atoms with E-state index in [1.54, 1.807) is 11.8 Å². The summed E-state index contributed by atoms with van der Waals surface area (Å²) < 4.78 is 6.47. The number of fused-ring (bicyclic) bond motifs is 2. The fourth-order valence-electron chi connectivity index (χ4n) is 3.66. The Morgan fingerprint density at radius 3 is 2.21 bits per heavy atom. The van der Waals surface area contributed by atoms with Gasteiger partial charge in [0.15, 0.2) is 0 Å². The first kappa shape index (κ1) is 18.7. The van der Waals surface area contributed by atoms with Crippen molar-refractivity contribution in [2.24, 2.45) is 5.73 Å². The molecule has 0 radical (unpaired) electrons. The van der Waals surface area contributed by atoms with E-state index >= 15 is 0 Å². The standard InChI is InChI=1S/C23H21NO3S/c1-15-7-6-8-16(13-15)23(27-14-19(24)22(25)26)17-9-2-4-11-20(17)28-21-12-5-3-10-18(21)23/h2-13,19H,14,24H2,1H3,(H,25,26)/t19-/m0/s1. The first-order valence-electron chi connectivity index (χ1n) is 9.09. The van der Waals surface area contributed by atoms with E-state index in [1.165, 1.54) is 0 Å². The topological polar surface area (TPSA) is 72.5 Å². The lowest BCUT2D eigenvalue weighted by Gasteiger charge is -2.41. The fraction of sp³-hybridized carbons (Fsp3) is 0.174. The average Bonchev–Trinajstić information content (AvgIpc) is 2.70. The van der Waals surface area contributed by atoms with Crippen LogP contribution in [0, 0.1) is 6.92 Å². The van der Waals surface area contributed by atoms with Crippen molar-refractivity contribution < 1.29 is 14.6 Å². The Kier molecular flexibility index (Phi) is 4.98. The van der Waals surface area contributed by atoms with Crippen LogP contribution in [-0.4, -0.2) is 23.7 Å². The van der Waals surface area contributed by atoms with Gasteiger partial charge in [0.2, 0.25) is 0 Å². The molecular formula is C23H21NO3S. The molecule has 0 aliphatic carbocycles. The number of carboxylic acids is 1. The first-order chi connectivity index (χ1) is 13.5. The number of hydrogen-bond acceptors (Lipinski definition) is 4. The summed E-state index contributed by atoms with van der Waals surface area (Å²) >= 11 is 1.70. The van der Waals surface area contributed by atoms with Gasteiger partial charge in [-0.2, -0.15) is 0 Å². The van der Waals surface area contributed by atoms with Gasteiger partial charge in [0.25, 0.3) is 0 Å². The van der Waals surface area contributed by atoms with Gasteiger partial charge in [0.1, 0.15) is 11.6 Å². The van der Waals surface area contributed by atoms with Gasteiger partial charge in [-0.25, -0.2) is 0 Å². The van der Waals surface area contributed by atoms with Crippen molar-refractivity contribution in [3.8, 4) is 0 Å². The first-order valence-corrected chi connectivity index (χ1v) is 9.90. The molecule has 1 aliphatic rings. The number of nitrogens with two attached hydrogens (primary N) is 1. The van der Waals surface area contributed by atoms with E-state index < -0.39 is 17.6 Å². The average molecular weight is 391 g/mol. The summed E-state index contributed by atoms with van der Waals surface area (Å²) in [5, 5.41) is 9.29. The molecule has 0 aromatic heterocycles. The van der Waals surface area contributed by atoms with Gasteiger partial charge in [-0.1, -0.05) is 78.0 Å². The lowest BCUT2D eigenvalue weighted by Crippen LogP contribution is -2.42. The summed E-state index contributed by atoms with van der Waals surface area (Å²) in [6.45, 7) is 1.94. The Hall–Kier alpha value is -2.60. The minimum atomic E-state index is -1.10. The lowest BCUT2D eigenvalue weighted by atomic mass is 9.79. The van der Waals surface area contributed by atoms with Gasteiger partial charge >= 0.3 is 5.97 Å². The molecule has 0 saturated carbocycles. The van der Waals surface area contributed by atoms with Crippen molar-refractivity contribution in [2.45, 2.75) is 28.4 Å². The van der Waals surface area contributed by atoms with E-state index in [9.17, 15) is 9.90 Å². The van der Waals surface area contributed by atoms with Gasteiger partial charge in [0.05, 0.1) is 6.61 Å². The van der Waals surface area contributed by atoms with Crippen molar-refractivity contribution in [1.82, 2.24) is 0 Å². The Bertz CT molecular complexity index is 988. The van der Waals surface area contributed by atoms with E-state index in [-0.39, 0.29) is 6.61 Å². The Morgan fingerprint density at radius 1 is 1.04 bits per heavy atom. The van der Waals surface area contributed by atoms with Crippen LogP contribution in [-0.2, 0) is 15.1 Å². The smallest absolute Gasteiger partial charge is 0.322 e. The maximum absolute atomic E-state index is 11.3. The second-order valence-electron chi connectivity index (χ2n) is 6.90. The number of benzene rings is 3. The molecule has 0 unspecified atom stereocenters. The summed E-state index contributed by atoms with van der Waals surface area (Å²) in [5.41, 5.74) is 8.97. The third kappa shape index (κ3) is 3.11. The quantitative estimate of drug-likeness (QED) is 0.683. The molecule has 3 aromatic carbocycles. The Balaban J connectivity index is 1.98. The molecule has 28 heavy (non-hydrogen) atoms. The largest absolute Gasteiger partial charge is 0.480 e. The molecule has 0 bridgehead atoms. The Labute approximate surface area is 168 Å². The number of carbonyl (C=O) groups is 1. The number of aryl methyl sites for hydroxylation is 1. The highest BCUT2D eigenvalue weighted by Crippen LogP contribution is 2.53. The van der Waals surface area contributed by atoms with Crippen LogP contribution in [0.2, 0.25) is 0 Å². The summed E-state index contributed by atoms with van der Waals surface area (Å²) in [7, 11) is 0. The maximum Gasteiger partial charge on any atom is 0.322 e. The van der Waals surface area contributed by atoms with Crippen LogP contribution in [0.4, 0.5) is 0 Å². The van der Waals surface area contributed by atoms with Crippen LogP contribution in [0.15, 0.2) is 82.6 Å². The molecule has 1 aliphatic heterocycles. The normalized spacial score (nSPS) is 15.4. The summed E-state index contributed by atoms with van der Waals surface area (Å²) in [5.74, 6) is -1.08. The van der Waals surface area contributed by atoms with E-state index in [1.807, 2.05) is 61.5 Å². The lowest BCUT2D eigenvalue weighted by molar-refractivity contribution is -0.141. The van der Waals surface area contributed by atoms with E-state index in [4.69, 9.17) is 10.5 Å². The number of carboxylic acid groups (broad SMARTS) is 1. The van der Waals surface area contributed by atoms with Crippen LogP contribution < -0.4 is 5.73 Å². The van der Waals surface area contributed by atoms with Gasteiger partial charge < -0.3 is 15.6 Å². The van der Waals surface area contributed by atoms with Crippen molar-refractivity contribution in [1.29, 1.82) is 0 Å². The van der Waals surface area contributed by atoms with Gasteiger partial charge in [-0.3, -0.25) is 4.79 Å². The highest BCUT2D eigenvalue weighted by molar-refractivity contribution is 7.99. The molecule has 142 valence electrons. The zero-order valence-corrected chi connectivity index (χ0v) is 16.3. The van der Waals surface area contributed by atoms with Crippen molar-refractivity contribution in [2.75, 3.05) is 6.61 Å². The minimum absolute atomic E-state index is 0.101. The predicted molar refractivity (Wildman–Crippen MR) is 110 cm³/mol. The molecule has 1 atom stereocenters. The molecular weight excluding hydrogens is 370 g/mol. The van der Waals surface area contributed by atoms with Crippen molar-refractivity contribution in [3.63, 3.8) is 0 Å². The molecule has 4 nitrogen and oxygen atoms in total. The number of aliphatic carboxylic acids is 1. The number of hydrogen-bond donors (Lipinski definition) is 2. The molecule has 0 fully saturated rings. The zero-order valence-electron chi connectivity index (χ0n) is 15.5. The van der Waals surface area contributed by atoms with Crippen LogP contribution in [0.5, 0.6) is 0 Å². The summed E-state index contributed by atoms with van der Waals surface area (Å²) in [4.78, 5) is 13.5. The molecule has 4 rings (SSSR count). The third-order valence-corrected chi connectivity index (χ3v) is 6.13. The SMILES string of the molecule is Cc1cccc(C2(OC[C@H](N)C(=O)O)c3ccccc3Sc3ccccc32)c1. The minimum Gasteiger partial charge on any atom is -0.480 e.